The second-order valence-corrected chi connectivity index (χ2v) is 6.90. The second-order valence-electron chi connectivity index (χ2n) is 4.88. The molecular formula is C14H22N2O3S. The van der Waals surface area contributed by atoms with E-state index in [9.17, 15) is 13.2 Å². The van der Waals surface area contributed by atoms with Crippen LogP contribution in [0.4, 0.5) is 0 Å². The van der Waals surface area contributed by atoms with Crippen molar-refractivity contribution in [1.82, 2.24) is 10.6 Å². The van der Waals surface area contributed by atoms with Crippen LogP contribution in [0.1, 0.15) is 25.8 Å². The second kappa shape index (κ2) is 7.40. The molecule has 1 amide bonds. The van der Waals surface area contributed by atoms with E-state index in [0.717, 1.165) is 12.0 Å². The Labute approximate surface area is 120 Å². The number of carbonyl (C=O) groups is 1. The Balaban J connectivity index is 2.44. The summed E-state index contributed by atoms with van der Waals surface area (Å²) in [6, 6.07) is 6.83. The van der Waals surface area contributed by atoms with Crippen LogP contribution in [0.5, 0.6) is 0 Å². The molecule has 0 radical (unpaired) electrons. The summed E-state index contributed by atoms with van der Waals surface area (Å²) >= 11 is 0. The van der Waals surface area contributed by atoms with Crippen molar-refractivity contribution in [3.05, 3.63) is 29.8 Å². The van der Waals surface area contributed by atoms with E-state index in [-0.39, 0.29) is 17.3 Å². The molecule has 5 nitrogen and oxygen atoms in total. The third kappa shape index (κ3) is 5.71. The van der Waals surface area contributed by atoms with Crippen LogP contribution >= 0.6 is 0 Å². The predicted molar refractivity (Wildman–Crippen MR) is 79.2 cm³/mol. The molecule has 1 unspecified atom stereocenters. The van der Waals surface area contributed by atoms with Gasteiger partial charge in [-0.15, -0.1) is 0 Å². The van der Waals surface area contributed by atoms with Gasteiger partial charge in [0.1, 0.15) is 0 Å². The van der Waals surface area contributed by atoms with Gasteiger partial charge in [0.2, 0.25) is 5.91 Å². The van der Waals surface area contributed by atoms with Gasteiger partial charge < -0.3 is 10.6 Å². The van der Waals surface area contributed by atoms with E-state index in [2.05, 4.69) is 17.6 Å². The van der Waals surface area contributed by atoms with Gasteiger partial charge in [-0.25, -0.2) is 8.42 Å². The van der Waals surface area contributed by atoms with Crippen LogP contribution in [0.25, 0.3) is 0 Å². The Kier molecular flexibility index (Phi) is 6.16. The zero-order valence-electron chi connectivity index (χ0n) is 12.1. The molecule has 0 saturated carbocycles. The van der Waals surface area contributed by atoms with Gasteiger partial charge in [0.05, 0.1) is 11.4 Å². The van der Waals surface area contributed by atoms with Crippen LogP contribution in [0.3, 0.4) is 0 Å². The maximum absolute atomic E-state index is 11.6. The van der Waals surface area contributed by atoms with Crippen molar-refractivity contribution in [3.63, 3.8) is 0 Å². The molecule has 1 aromatic rings. The van der Waals surface area contributed by atoms with E-state index < -0.39 is 9.84 Å². The van der Waals surface area contributed by atoms with Gasteiger partial charge in [-0.1, -0.05) is 19.1 Å². The highest BCUT2D eigenvalue weighted by Crippen LogP contribution is 2.09. The lowest BCUT2D eigenvalue weighted by molar-refractivity contribution is -0.120. The minimum absolute atomic E-state index is 0.0718. The average Bonchev–Trinajstić information content (AvgIpc) is 2.41. The summed E-state index contributed by atoms with van der Waals surface area (Å²) in [5, 5.41) is 5.89. The fourth-order valence-corrected chi connectivity index (χ4v) is 2.16. The quantitative estimate of drug-likeness (QED) is 0.790. The first-order valence-corrected chi connectivity index (χ1v) is 8.51. The van der Waals surface area contributed by atoms with Crippen LogP contribution < -0.4 is 10.6 Å². The van der Waals surface area contributed by atoms with Crippen molar-refractivity contribution in [2.45, 2.75) is 37.8 Å². The van der Waals surface area contributed by atoms with E-state index >= 15 is 0 Å². The number of rotatable bonds is 7. The van der Waals surface area contributed by atoms with Crippen molar-refractivity contribution in [2.24, 2.45) is 0 Å². The highest BCUT2D eigenvalue weighted by Gasteiger charge is 2.07. The van der Waals surface area contributed by atoms with Crippen LogP contribution in [0.2, 0.25) is 0 Å². The van der Waals surface area contributed by atoms with Gasteiger partial charge >= 0.3 is 0 Å². The highest BCUT2D eigenvalue weighted by molar-refractivity contribution is 7.90. The summed E-state index contributed by atoms with van der Waals surface area (Å²) in [4.78, 5) is 11.9. The van der Waals surface area contributed by atoms with E-state index in [4.69, 9.17) is 0 Å². The SMILES string of the molecule is CCC(C)NCC(=O)NCc1ccc(S(C)(=O)=O)cc1. The van der Waals surface area contributed by atoms with Gasteiger partial charge in [0.15, 0.2) is 9.84 Å². The summed E-state index contributed by atoms with van der Waals surface area (Å²) in [6.45, 7) is 4.76. The maximum Gasteiger partial charge on any atom is 0.234 e. The normalized spacial score (nSPS) is 12.9. The predicted octanol–water partition coefficient (Wildman–Crippen LogP) is 1.09. The third-order valence-electron chi connectivity index (χ3n) is 3.06. The molecule has 0 fully saturated rings. The van der Waals surface area contributed by atoms with Crippen LogP contribution in [0.15, 0.2) is 29.2 Å². The zero-order valence-corrected chi connectivity index (χ0v) is 13.0. The number of benzene rings is 1. The average molecular weight is 298 g/mol. The van der Waals surface area contributed by atoms with Crippen molar-refractivity contribution >= 4 is 15.7 Å². The van der Waals surface area contributed by atoms with Crippen molar-refractivity contribution < 1.29 is 13.2 Å². The van der Waals surface area contributed by atoms with E-state index in [1.54, 1.807) is 24.3 Å². The lowest BCUT2D eigenvalue weighted by Crippen LogP contribution is -2.37. The Bertz CT molecular complexity index is 538. The van der Waals surface area contributed by atoms with Gasteiger partial charge in [-0.2, -0.15) is 0 Å². The number of carbonyl (C=O) groups excluding carboxylic acids is 1. The van der Waals surface area contributed by atoms with Crippen molar-refractivity contribution in [1.29, 1.82) is 0 Å². The van der Waals surface area contributed by atoms with Crippen LogP contribution in [-0.4, -0.2) is 33.2 Å². The summed E-state index contributed by atoms with van der Waals surface area (Å²) < 4.78 is 22.6. The number of sulfone groups is 1. The van der Waals surface area contributed by atoms with Crippen LogP contribution in [-0.2, 0) is 21.2 Å². The van der Waals surface area contributed by atoms with E-state index in [1.807, 2.05) is 6.92 Å². The molecule has 1 atom stereocenters. The topological polar surface area (TPSA) is 75.3 Å². The molecule has 0 aromatic heterocycles. The van der Waals surface area contributed by atoms with Gasteiger partial charge in [0, 0.05) is 18.8 Å². The first-order chi connectivity index (χ1) is 9.32. The summed E-state index contributed by atoms with van der Waals surface area (Å²) in [5.74, 6) is -0.0718. The molecule has 0 saturated heterocycles. The molecular weight excluding hydrogens is 276 g/mol. The summed E-state index contributed by atoms with van der Waals surface area (Å²) in [6.07, 6.45) is 2.14. The van der Waals surface area contributed by atoms with Gasteiger partial charge in [-0.3, -0.25) is 4.79 Å². The molecule has 0 aliphatic carbocycles. The molecule has 6 heteroatoms. The number of hydrogen-bond acceptors (Lipinski definition) is 4. The minimum Gasteiger partial charge on any atom is -0.351 e. The third-order valence-corrected chi connectivity index (χ3v) is 4.19. The lowest BCUT2D eigenvalue weighted by atomic mass is 10.2. The van der Waals surface area contributed by atoms with Gasteiger partial charge in [0.25, 0.3) is 0 Å². The Morgan fingerprint density at radius 2 is 1.85 bits per heavy atom. The molecule has 0 heterocycles. The lowest BCUT2D eigenvalue weighted by Gasteiger charge is -2.11. The Morgan fingerprint density at radius 1 is 1.25 bits per heavy atom. The fourth-order valence-electron chi connectivity index (χ4n) is 1.53. The van der Waals surface area contributed by atoms with E-state index in [1.165, 1.54) is 6.26 Å². The van der Waals surface area contributed by atoms with Crippen LogP contribution in [0, 0.1) is 0 Å². The molecule has 20 heavy (non-hydrogen) atoms. The number of amides is 1. The first kappa shape index (κ1) is 16.7. The highest BCUT2D eigenvalue weighted by atomic mass is 32.2. The van der Waals surface area contributed by atoms with Crippen molar-refractivity contribution in [3.8, 4) is 0 Å². The summed E-state index contributed by atoms with van der Waals surface area (Å²) in [7, 11) is -3.17. The van der Waals surface area contributed by atoms with Crippen molar-refractivity contribution in [2.75, 3.05) is 12.8 Å². The fraction of sp³-hybridized carbons (Fsp3) is 0.500. The molecule has 1 aromatic carbocycles. The number of hydrogen-bond donors (Lipinski definition) is 2. The van der Waals surface area contributed by atoms with E-state index in [0.29, 0.717) is 12.6 Å². The molecule has 0 bridgehead atoms. The monoisotopic (exact) mass is 298 g/mol. The largest absolute Gasteiger partial charge is 0.351 e. The zero-order chi connectivity index (χ0) is 15.2. The Morgan fingerprint density at radius 3 is 2.35 bits per heavy atom. The molecule has 0 aliphatic rings. The maximum atomic E-state index is 11.6. The molecule has 2 N–H and O–H groups in total. The molecule has 1 rings (SSSR count). The standard InChI is InChI=1S/C14H22N2O3S/c1-4-11(2)15-10-14(17)16-9-12-5-7-13(8-6-12)20(3,18)19/h5-8,11,15H,4,9-10H2,1-3H3,(H,16,17). The minimum atomic E-state index is -3.17. The molecule has 112 valence electrons. The molecule has 0 spiro atoms. The smallest absolute Gasteiger partial charge is 0.234 e. The molecule has 0 aliphatic heterocycles. The number of nitrogens with one attached hydrogen (secondary N) is 2. The van der Waals surface area contributed by atoms with Gasteiger partial charge in [-0.05, 0) is 31.0 Å². The Hall–Kier alpha value is -1.40. The summed E-state index contributed by atoms with van der Waals surface area (Å²) in [5.41, 5.74) is 0.870. The first-order valence-electron chi connectivity index (χ1n) is 6.62.